The highest BCUT2D eigenvalue weighted by atomic mass is 32.1. The van der Waals surface area contributed by atoms with Crippen LogP contribution < -0.4 is 14.8 Å². The van der Waals surface area contributed by atoms with Gasteiger partial charge in [-0.2, -0.15) is 0 Å². The van der Waals surface area contributed by atoms with E-state index in [0.29, 0.717) is 6.54 Å². The van der Waals surface area contributed by atoms with Crippen molar-refractivity contribution >= 4 is 17.3 Å². The van der Waals surface area contributed by atoms with Gasteiger partial charge in [0.25, 0.3) is 0 Å². The van der Waals surface area contributed by atoms with Crippen LogP contribution >= 0.6 is 11.3 Å². The van der Waals surface area contributed by atoms with E-state index in [2.05, 4.69) is 5.32 Å². The molecule has 0 amide bonds. The summed E-state index contributed by atoms with van der Waals surface area (Å²) >= 11 is 1.55. The number of nitrogens with one attached hydrogen (secondary N) is 1. The molecule has 1 atom stereocenters. The van der Waals surface area contributed by atoms with E-state index in [1.807, 2.05) is 35.7 Å². The first-order chi connectivity index (χ1) is 10.2. The van der Waals surface area contributed by atoms with Crippen LogP contribution in [0.2, 0.25) is 0 Å². The summed E-state index contributed by atoms with van der Waals surface area (Å²) in [6, 6.07) is 9.38. The number of carboxylic acid groups (broad SMARTS) is 1. The highest BCUT2D eigenvalue weighted by Gasteiger charge is 2.20. The van der Waals surface area contributed by atoms with Crippen molar-refractivity contribution in [2.75, 3.05) is 6.79 Å². The minimum atomic E-state index is -0.821. The lowest BCUT2D eigenvalue weighted by Crippen LogP contribution is -2.23. The zero-order valence-corrected chi connectivity index (χ0v) is 12.1. The third kappa shape index (κ3) is 3.17. The summed E-state index contributed by atoms with van der Waals surface area (Å²) in [5.41, 5.74) is 0.969. The fourth-order valence-electron chi connectivity index (χ4n) is 2.30. The molecule has 2 heterocycles. The Bertz CT molecular complexity index is 627. The summed E-state index contributed by atoms with van der Waals surface area (Å²) in [5.74, 6) is 0.657. The highest BCUT2D eigenvalue weighted by Crippen LogP contribution is 2.35. The summed E-state index contributed by atoms with van der Waals surface area (Å²) < 4.78 is 10.8. The smallest absolute Gasteiger partial charge is 0.305 e. The van der Waals surface area contributed by atoms with Gasteiger partial charge in [0.1, 0.15) is 0 Å². The number of carbonyl (C=O) groups is 1. The molecule has 1 unspecified atom stereocenters. The van der Waals surface area contributed by atoms with E-state index >= 15 is 0 Å². The second kappa shape index (κ2) is 6.15. The van der Waals surface area contributed by atoms with E-state index in [-0.39, 0.29) is 19.3 Å². The zero-order valence-electron chi connectivity index (χ0n) is 11.2. The minimum absolute atomic E-state index is 0.0485. The fraction of sp³-hybridized carbons (Fsp3) is 0.267. The predicted molar refractivity (Wildman–Crippen MR) is 78.7 cm³/mol. The number of rotatable bonds is 6. The Labute approximate surface area is 126 Å². The lowest BCUT2D eigenvalue weighted by Gasteiger charge is -2.16. The van der Waals surface area contributed by atoms with Crippen LogP contribution in [0.1, 0.15) is 22.9 Å². The molecule has 0 saturated heterocycles. The van der Waals surface area contributed by atoms with Crippen LogP contribution in [-0.4, -0.2) is 17.9 Å². The van der Waals surface area contributed by atoms with Crippen LogP contribution in [-0.2, 0) is 11.3 Å². The van der Waals surface area contributed by atoms with Crippen LogP contribution in [0.15, 0.2) is 35.7 Å². The average Bonchev–Trinajstić information content (AvgIpc) is 3.13. The second-order valence-electron chi connectivity index (χ2n) is 4.70. The molecule has 1 aromatic carbocycles. The Kier molecular flexibility index (Phi) is 4.08. The highest BCUT2D eigenvalue weighted by molar-refractivity contribution is 7.10. The van der Waals surface area contributed by atoms with Crippen molar-refractivity contribution in [1.82, 2.24) is 5.32 Å². The minimum Gasteiger partial charge on any atom is -0.481 e. The van der Waals surface area contributed by atoms with Crippen molar-refractivity contribution in [1.29, 1.82) is 0 Å². The van der Waals surface area contributed by atoms with Gasteiger partial charge in [-0.15, -0.1) is 11.3 Å². The number of carboxylic acids is 1. The Morgan fingerprint density at radius 1 is 1.33 bits per heavy atom. The van der Waals surface area contributed by atoms with Crippen LogP contribution in [0.25, 0.3) is 0 Å². The molecule has 2 aromatic rings. The van der Waals surface area contributed by atoms with Crippen molar-refractivity contribution in [2.24, 2.45) is 0 Å². The van der Waals surface area contributed by atoms with E-state index < -0.39 is 5.97 Å². The largest absolute Gasteiger partial charge is 0.481 e. The van der Waals surface area contributed by atoms with E-state index in [4.69, 9.17) is 14.6 Å². The first-order valence-corrected chi connectivity index (χ1v) is 7.48. The molecule has 6 heteroatoms. The second-order valence-corrected chi connectivity index (χ2v) is 5.68. The van der Waals surface area contributed by atoms with Crippen LogP contribution in [0.4, 0.5) is 0 Å². The van der Waals surface area contributed by atoms with Gasteiger partial charge >= 0.3 is 5.97 Å². The Morgan fingerprint density at radius 2 is 2.24 bits per heavy atom. The van der Waals surface area contributed by atoms with Crippen molar-refractivity contribution < 1.29 is 19.4 Å². The van der Waals surface area contributed by atoms with Crippen molar-refractivity contribution in [3.05, 3.63) is 46.2 Å². The fourth-order valence-corrected chi connectivity index (χ4v) is 3.10. The summed E-state index contributed by atoms with van der Waals surface area (Å²) in [6.45, 7) is 0.762. The summed E-state index contributed by atoms with van der Waals surface area (Å²) in [4.78, 5) is 12.0. The average molecular weight is 305 g/mol. The topological polar surface area (TPSA) is 67.8 Å². The van der Waals surface area contributed by atoms with Crippen molar-refractivity contribution in [3.8, 4) is 11.5 Å². The van der Waals surface area contributed by atoms with Gasteiger partial charge in [-0.05, 0) is 17.5 Å². The molecule has 0 spiro atoms. The lowest BCUT2D eigenvalue weighted by atomic mass is 10.1. The van der Waals surface area contributed by atoms with Crippen molar-refractivity contribution in [2.45, 2.75) is 19.0 Å². The Morgan fingerprint density at radius 3 is 3.00 bits per heavy atom. The number of thiophene rings is 1. The van der Waals surface area contributed by atoms with Gasteiger partial charge in [0.2, 0.25) is 6.79 Å². The first-order valence-electron chi connectivity index (χ1n) is 6.60. The molecule has 0 bridgehead atoms. The van der Waals surface area contributed by atoms with E-state index in [9.17, 15) is 4.79 Å². The van der Waals surface area contributed by atoms with E-state index in [1.165, 1.54) is 0 Å². The van der Waals surface area contributed by atoms with Gasteiger partial charge in [-0.25, -0.2) is 0 Å². The maximum atomic E-state index is 11.0. The SMILES string of the molecule is O=C(O)CC(NCc1cccc2c1OCO2)c1cccs1. The Balaban J connectivity index is 1.73. The van der Waals surface area contributed by atoms with Gasteiger partial charge in [0, 0.05) is 17.0 Å². The lowest BCUT2D eigenvalue weighted by molar-refractivity contribution is -0.137. The number of aliphatic carboxylic acids is 1. The van der Waals surface area contributed by atoms with Gasteiger partial charge in [0.15, 0.2) is 11.5 Å². The monoisotopic (exact) mass is 305 g/mol. The molecule has 3 rings (SSSR count). The predicted octanol–water partition coefficient (Wildman–Crippen LogP) is 2.78. The standard InChI is InChI=1S/C15H15NO4S/c17-14(18)7-11(13-5-2-6-21-13)16-8-10-3-1-4-12-15(10)20-9-19-12/h1-6,11,16H,7-9H2,(H,17,18). The zero-order chi connectivity index (χ0) is 14.7. The molecule has 2 N–H and O–H groups in total. The molecule has 5 nitrogen and oxygen atoms in total. The molecule has 0 fully saturated rings. The number of benzene rings is 1. The van der Waals surface area contributed by atoms with Gasteiger partial charge in [-0.3, -0.25) is 4.79 Å². The molecule has 0 saturated carbocycles. The van der Waals surface area contributed by atoms with Gasteiger partial charge < -0.3 is 19.9 Å². The van der Waals surface area contributed by atoms with Crippen LogP contribution in [0.3, 0.4) is 0 Å². The number of ether oxygens (including phenoxy) is 2. The normalized spacial score (nSPS) is 14.1. The van der Waals surface area contributed by atoms with Gasteiger partial charge in [0.05, 0.1) is 12.5 Å². The maximum Gasteiger partial charge on any atom is 0.305 e. The summed E-state index contributed by atoms with van der Waals surface area (Å²) in [7, 11) is 0. The molecule has 0 radical (unpaired) electrons. The van der Waals surface area contributed by atoms with E-state index in [0.717, 1.165) is 21.9 Å². The number of hydrogen-bond donors (Lipinski definition) is 2. The number of hydrogen-bond acceptors (Lipinski definition) is 5. The maximum absolute atomic E-state index is 11.0. The van der Waals surface area contributed by atoms with Gasteiger partial charge in [-0.1, -0.05) is 18.2 Å². The molecule has 110 valence electrons. The van der Waals surface area contributed by atoms with E-state index in [1.54, 1.807) is 11.3 Å². The molecule has 0 aliphatic carbocycles. The molecular formula is C15H15NO4S. The van der Waals surface area contributed by atoms with Crippen LogP contribution in [0.5, 0.6) is 11.5 Å². The molecular weight excluding hydrogens is 290 g/mol. The number of fused-ring (bicyclic) bond motifs is 1. The third-order valence-electron chi connectivity index (χ3n) is 3.28. The summed E-state index contributed by atoms with van der Waals surface area (Å²) in [6.07, 6.45) is 0.0485. The molecule has 1 aromatic heterocycles. The number of para-hydroxylation sites is 1. The summed E-state index contributed by atoms with van der Waals surface area (Å²) in [5, 5.41) is 14.3. The molecule has 21 heavy (non-hydrogen) atoms. The molecule has 1 aliphatic rings. The Hall–Kier alpha value is -2.05. The molecule has 1 aliphatic heterocycles. The third-order valence-corrected chi connectivity index (χ3v) is 4.27. The van der Waals surface area contributed by atoms with Crippen LogP contribution in [0, 0.1) is 0 Å². The van der Waals surface area contributed by atoms with Crippen molar-refractivity contribution in [3.63, 3.8) is 0 Å². The first kappa shape index (κ1) is 13.9. The quantitative estimate of drug-likeness (QED) is 0.859.